The van der Waals surface area contributed by atoms with Crippen LogP contribution in [0, 0.1) is 0 Å². The molecule has 2 aromatic heterocycles. The summed E-state index contributed by atoms with van der Waals surface area (Å²) in [5.74, 6) is 0. The lowest BCUT2D eigenvalue weighted by atomic mass is 9.97. The third-order valence-corrected chi connectivity index (χ3v) is 9.84. The molecule has 10 aromatic rings. The molecule has 3 nitrogen and oxygen atoms in total. The van der Waals surface area contributed by atoms with Crippen LogP contribution < -0.4 is 4.90 Å². The molecule has 0 fully saturated rings. The van der Waals surface area contributed by atoms with Crippen molar-refractivity contribution in [1.82, 2.24) is 4.98 Å². The summed E-state index contributed by atoms with van der Waals surface area (Å²) in [4.78, 5) is 7.34. The van der Waals surface area contributed by atoms with Gasteiger partial charge < -0.3 is 9.32 Å². The molecule has 0 spiro atoms. The van der Waals surface area contributed by atoms with Gasteiger partial charge in [-0.15, -0.1) is 0 Å². The van der Waals surface area contributed by atoms with E-state index in [0.29, 0.717) is 0 Å². The smallest absolute Gasteiger partial charge is 0.155 e. The number of pyridine rings is 1. The first kappa shape index (κ1) is 28.3. The minimum absolute atomic E-state index is 0.759. The van der Waals surface area contributed by atoms with Gasteiger partial charge in [-0.05, 0) is 85.6 Å². The third kappa shape index (κ3) is 4.71. The van der Waals surface area contributed by atoms with Gasteiger partial charge in [0.25, 0.3) is 0 Å². The Balaban J connectivity index is 1.17. The van der Waals surface area contributed by atoms with Crippen LogP contribution in [0.25, 0.3) is 76.6 Å². The predicted molar refractivity (Wildman–Crippen MR) is 210 cm³/mol. The predicted octanol–water partition coefficient (Wildman–Crippen LogP) is 13.2. The summed E-state index contributed by atoms with van der Waals surface area (Å²) >= 11 is 0. The van der Waals surface area contributed by atoms with E-state index in [2.05, 4.69) is 181 Å². The Morgan fingerprint density at radius 1 is 0.400 bits per heavy atom. The molecule has 0 aliphatic rings. The minimum atomic E-state index is 0.759. The number of fused-ring (bicyclic) bond motifs is 7. The fourth-order valence-electron chi connectivity index (χ4n) is 7.42. The molecule has 0 unspecified atom stereocenters. The lowest BCUT2D eigenvalue weighted by Crippen LogP contribution is -2.10. The van der Waals surface area contributed by atoms with Crippen molar-refractivity contribution >= 4 is 71.4 Å². The number of anilines is 3. The van der Waals surface area contributed by atoms with E-state index in [0.717, 1.165) is 61.0 Å². The van der Waals surface area contributed by atoms with Crippen LogP contribution in [0.3, 0.4) is 0 Å². The highest BCUT2D eigenvalue weighted by Crippen LogP contribution is 2.41. The Morgan fingerprint density at radius 3 is 1.86 bits per heavy atom. The maximum atomic E-state index is 6.61. The van der Waals surface area contributed by atoms with Gasteiger partial charge in [0.05, 0.1) is 11.9 Å². The van der Waals surface area contributed by atoms with E-state index in [1.165, 1.54) is 32.7 Å². The Morgan fingerprint density at radius 2 is 1.02 bits per heavy atom. The monoisotopic (exact) mass is 638 g/mol. The molecule has 0 amide bonds. The van der Waals surface area contributed by atoms with Crippen LogP contribution in [0.4, 0.5) is 17.1 Å². The molecule has 8 aromatic carbocycles. The molecular formula is C47H30N2O. The van der Waals surface area contributed by atoms with Gasteiger partial charge in [0, 0.05) is 28.2 Å². The molecule has 234 valence electrons. The van der Waals surface area contributed by atoms with Gasteiger partial charge >= 0.3 is 0 Å². The van der Waals surface area contributed by atoms with Gasteiger partial charge in [-0.3, -0.25) is 0 Å². The van der Waals surface area contributed by atoms with Crippen LogP contribution in [-0.4, -0.2) is 4.98 Å². The van der Waals surface area contributed by atoms with Crippen molar-refractivity contribution < 1.29 is 4.42 Å². The first-order chi connectivity index (χ1) is 24.8. The van der Waals surface area contributed by atoms with Gasteiger partial charge in [-0.1, -0.05) is 133 Å². The number of nitrogens with zero attached hydrogens (tertiary/aromatic N) is 2. The van der Waals surface area contributed by atoms with Crippen LogP contribution in [-0.2, 0) is 0 Å². The third-order valence-electron chi connectivity index (χ3n) is 9.84. The van der Waals surface area contributed by atoms with Crippen LogP contribution in [0.15, 0.2) is 187 Å². The number of hydrogen-bond acceptors (Lipinski definition) is 3. The SMILES string of the molecule is c1cc(-c2ccc3ccccc3c2)cc(N(c2cccc(-c3cccc4ccccc34)c2)c2cnc3c(c2)oc2c4ccccc4ccc32)c1. The maximum Gasteiger partial charge on any atom is 0.155 e. The van der Waals surface area contributed by atoms with Gasteiger partial charge in [-0.2, -0.15) is 0 Å². The first-order valence-corrected chi connectivity index (χ1v) is 16.9. The van der Waals surface area contributed by atoms with E-state index in [4.69, 9.17) is 9.40 Å². The minimum Gasteiger partial charge on any atom is -0.454 e. The van der Waals surface area contributed by atoms with E-state index in [-0.39, 0.29) is 0 Å². The van der Waals surface area contributed by atoms with E-state index >= 15 is 0 Å². The Hall–Kier alpha value is -6.71. The van der Waals surface area contributed by atoms with Gasteiger partial charge in [0.15, 0.2) is 5.58 Å². The molecule has 0 radical (unpaired) electrons. The molecule has 0 aliphatic heterocycles. The first-order valence-electron chi connectivity index (χ1n) is 16.9. The molecule has 0 saturated heterocycles. The van der Waals surface area contributed by atoms with Crippen molar-refractivity contribution in [1.29, 1.82) is 0 Å². The lowest BCUT2D eigenvalue weighted by Gasteiger charge is -2.26. The molecule has 0 saturated carbocycles. The number of hydrogen-bond donors (Lipinski definition) is 0. The summed E-state index contributed by atoms with van der Waals surface area (Å²) in [5, 5.41) is 8.17. The molecule has 0 bridgehead atoms. The Bertz CT molecular complexity index is 2900. The highest BCUT2D eigenvalue weighted by Gasteiger charge is 2.19. The van der Waals surface area contributed by atoms with Gasteiger partial charge in [0.1, 0.15) is 11.1 Å². The number of furan rings is 1. The summed E-state index contributed by atoms with van der Waals surface area (Å²) < 4.78 is 6.61. The van der Waals surface area contributed by atoms with Crippen molar-refractivity contribution in [2.24, 2.45) is 0 Å². The molecule has 0 aliphatic carbocycles. The van der Waals surface area contributed by atoms with Crippen molar-refractivity contribution in [3.05, 3.63) is 182 Å². The normalized spacial score (nSPS) is 11.6. The Kier molecular flexibility index (Phi) is 6.49. The van der Waals surface area contributed by atoms with E-state index in [1.54, 1.807) is 0 Å². The molecule has 2 heterocycles. The summed E-state index contributed by atoms with van der Waals surface area (Å²) in [6.45, 7) is 0. The zero-order chi connectivity index (χ0) is 33.0. The highest BCUT2D eigenvalue weighted by molar-refractivity contribution is 6.14. The molecule has 10 rings (SSSR count). The fraction of sp³-hybridized carbons (Fsp3) is 0. The van der Waals surface area contributed by atoms with E-state index < -0.39 is 0 Å². The highest BCUT2D eigenvalue weighted by atomic mass is 16.3. The molecule has 3 heteroatoms. The maximum absolute atomic E-state index is 6.61. The van der Waals surface area contributed by atoms with Crippen molar-refractivity contribution in [3.8, 4) is 22.3 Å². The van der Waals surface area contributed by atoms with Gasteiger partial charge in [0.2, 0.25) is 0 Å². The average molecular weight is 639 g/mol. The number of benzene rings is 8. The van der Waals surface area contributed by atoms with E-state index in [9.17, 15) is 0 Å². The summed E-state index contributed by atoms with van der Waals surface area (Å²) in [6, 6.07) is 62.6. The summed E-state index contributed by atoms with van der Waals surface area (Å²) in [7, 11) is 0. The van der Waals surface area contributed by atoms with Crippen molar-refractivity contribution in [2.45, 2.75) is 0 Å². The number of aromatic nitrogens is 1. The summed E-state index contributed by atoms with van der Waals surface area (Å²) in [5.41, 5.74) is 10.2. The molecule has 0 atom stereocenters. The quantitative estimate of drug-likeness (QED) is 0.188. The van der Waals surface area contributed by atoms with E-state index in [1.807, 2.05) is 6.20 Å². The molecule has 50 heavy (non-hydrogen) atoms. The zero-order valence-corrected chi connectivity index (χ0v) is 27.1. The van der Waals surface area contributed by atoms with Crippen molar-refractivity contribution in [2.75, 3.05) is 4.90 Å². The second-order valence-electron chi connectivity index (χ2n) is 12.8. The number of rotatable bonds is 5. The Labute approximate surface area is 289 Å². The van der Waals surface area contributed by atoms with Crippen LogP contribution in [0.1, 0.15) is 0 Å². The van der Waals surface area contributed by atoms with Crippen LogP contribution in [0.5, 0.6) is 0 Å². The largest absolute Gasteiger partial charge is 0.454 e. The second-order valence-corrected chi connectivity index (χ2v) is 12.8. The lowest BCUT2D eigenvalue weighted by molar-refractivity contribution is 0.672. The van der Waals surface area contributed by atoms with Crippen LogP contribution >= 0.6 is 0 Å². The second kappa shape index (κ2) is 11.5. The standard InChI is InChI=1S/C47H30N2O/c1-2-13-34-26-36(23-22-31(34)10-1)35-15-7-17-38(27-35)49(39-18-8-16-37(28-39)42-21-9-14-32-11-3-5-19-41(32)42)40-29-45-46(48-30-40)44-25-24-33-12-4-6-20-43(33)47(44)50-45/h1-30H. The topological polar surface area (TPSA) is 29.3 Å². The van der Waals surface area contributed by atoms with Crippen molar-refractivity contribution in [3.63, 3.8) is 0 Å². The zero-order valence-electron chi connectivity index (χ0n) is 27.1. The molecule has 0 N–H and O–H groups in total. The fourth-order valence-corrected chi connectivity index (χ4v) is 7.42. The van der Waals surface area contributed by atoms with Gasteiger partial charge in [-0.25, -0.2) is 4.98 Å². The molecular weight excluding hydrogens is 609 g/mol. The summed E-state index contributed by atoms with van der Waals surface area (Å²) in [6.07, 6.45) is 1.97. The average Bonchev–Trinajstić information content (AvgIpc) is 3.56. The van der Waals surface area contributed by atoms with Crippen LogP contribution in [0.2, 0.25) is 0 Å².